The van der Waals surface area contributed by atoms with Gasteiger partial charge >= 0.3 is 0 Å². The Morgan fingerprint density at radius 2 is 2.14 bits per heavy atom. The van der Waals surface area contributed by atoms with Crippen molar-refractivity contribution in [2.75, 3.05) is 19.7 Å². The van der Waals surface area contributed by atoms with Crippen molar-refractivity contribution in [3.63, 3.8) is 0 Å². The molecular weight excluding hydrogens is 302 g/mol. The van der Waals surface area contributed by atoms with Gasteiger partial charge in [-0.1, -0.05) is 17.7 Å². The van der Waals surface area contributed by atoms with Crippen LogP contribution in [0.1, 0.15) is 25.0 Å². The van der Waals surface area contributed by atoms with Crippen molar-refractivity contribution in [2.45, 2.75) is 31.4 Å². The lowest BCUT2D eigenvalue weighted by Crippen LogP contribution is -2.34. The lowest BCUT2D eigenvalue weighted by molar-refractivity contribution is -0.0255. The number of aryl methyl sites for hydroxylation is 1. The molecule has 0 spiro atoms. The molecule has 1 aliphatic rings. The molecule has 1 aromatic carbocycles. The topological polar surface area (TPSA) is 61.5 Å². The van der Waals surface area contributed by atoms with E-state index in [1.54, 1.807) is 0 Å². The minimum Gasteiger partial charge on any atom is -0.393 e. The molecule has 2 aromatic rings. The molecule has 1 fully saturated rings. The third kappa shape index (κ3) is 2.99. The van der Waals surface area contributed by atoms with Crippen LogP contribution in [0, 0.1) is 0 Å². The average molecular weight is 324 g/mol. The van der Waals surface area contributed by atoms with Gasteiger partial charge in [0.1, 0.15) is 0 Å². The van der Waals surface area contributed by atoms with Crippen LogP contribution in [0.2, 0.25) is 5.02 Å². The zero-order valence-corrected chi connectivity index (χ0v) is 13.6. The van der Waals surface area contributed by atoms with Crippen LogP contribution in [-0.2, 0) is 13.6 Å². The van der Waals surface area contributed by atoms with Crippen molar-refractivity contribution >= 4 is 22.5 Å². The van der Waals surface area contributed by atoms with Crippen molar-refractivity contribution in [2.24, 2.45) is 7.05 Å². The fourth-order valence-corrected chi connectivity index (χ4v) is 3.51. The first kappa shape index (κ1) is 15.7. The van der Waals surface area contributed by atoms with Gasteiger partial charge in [-0.2, -0.15) is 5.10 Å². The lowest BCUT2D eigenvalue weighted by atomic mass is 9.96. The maximum absolute atomic E-state index is 10.2. The number of fused-ring (bicyclic) bond motifs is 1. The predicted molar refractivity (Wildman–Crippen MR) is 86.9 cm³/mol. The van der Waals surface area contributed by atoms with Gasteiger partial charge in [0.05, 0.1) is 28.4 Å². The molecule has 120 valence electrons. The minimum atomic E-state index is -0.932. The number of rotatable bonds is 3. The molecule has 0 saturated carbocycles. The van der Waals surface area contributed by atoms with Gasteiger partial charge in [-0.3, -0.25) is 9.58 Å². The third-order valence-corrected chi connectivity index (χ3v) is 4.89. The summed E-state index contributed by atoms with van der Waals surface area (Å²) in [6.45, 7) is 2.19. The van der Waals surface area contributed by atoms with Crippen LogP contribution in [0.3, 0.4) is 0 Å². The fraction of sp³-hybridized carbons (Fsp3) is 0.562. The van der Waals surface area contributed by atoms with Crippen molar-refractivity contribution in [1.29, 1.82) is 0 Å². The molecule has 0 bridgehead atoms. The van der Waals surface area contributed by atoms with E-state index in [2.05, 4.69) is 10.00 Å². The number of aromatic nitrogens is 2. The molecule has 2 heterocycles. The van der Waals surface area contributed by atoms with E-state index in [4.69, 9.17) is 11.6 Å². The van der Waals surface area contributed by atoms with Crippen LogP contribution >= 0.6 is 11.6 Å². The molecule has 1 saturated heterocycles. The summed E-state index contributed by atoms with van der Waals surface area (Å²) in [5, 5.41) is 25.9. The van der Waals surface area contributed by atoms with E-state index < -0.39 is 5.60 Å². The van der Waals surface area contributed by atoms with Crippen LogP contribution in [0.25, 0.3) is 10.9 Å². The molecule has 2 N–H and O–H groups in total. The second kappa shape index (κ2) is 6.16. The largest absolute Gasteiger partial charge is 0.393 e. The first-order chi connectivity index (χ1) is 10.5. The Bertz CT molecular complexity index is 673. The van der Waals surface area contributed by atoms with Crippen molar-refractivity contribution in [3.05, 3.63) is 28.9 Å². The molecule has 22 heavy (non-hydrogen) atoms. The van der Waals surface area contributed by atoms with Gasteiger partial charge in [-0.05, 0) is 37.9 Å². The highest BCUT2D eigenvalue weighted by molar-refractivity contribution is 6.35. The van der Waals surface area contributed by atoms with Crippen LogP contribution in [0.4, 0.5) is 0 Å². The van der Waals surface area contributed by atoms with Gasteiger partial charge < -0.3 is 10.2 Å². The van der Waals surface area contributed by atoms with E-state index in [-0.39, 0.29) is 6.61 Å². The molecule has 1 aromatic heterocycles. The van der Waals surface area contributed by atoms with Gasteiger partial charge in [0, 0.05) is 25.5 Å². The van der Waals surface area contributed by atoms with Crippen LogP contribution < -0.4 is 0 Å². The standard InChI is InChI=1S/C16H22ClN3O2/c1-19-14-5-2-4-12(17)15(14)13(18-19)10-20-8-3-6-16(22,11-21)7-9-20/h2,4-5,21-22H,3,6-11H2,1H3/t16-/m0/s1. The molecular formula is C16H22ClN3O2. The van der Waals surface area contributed by atoms with Gasteiger partial charge in [-0.25, -0.2) is 0 Å². The number of benzene rings is 1. The molecule has 0 unspecified atom stereocenters. The number of hydrogen-bond acceptors (Lipinski definition) is 4. The van der Waals surface area contributed by atoms with E-state index in [0.29, 0.717) is 19.4 Å². The summed E-state index contributed by atoms with van der Waals surface area (Å²) in [7, 11) is 1.93. The Balaban J connectivity index is 1.82. The Hall–Kier alpha value is -1.14. The van der Waals surface area contributed by atoms with E-state index in [1.807, 2.05) is 29.9 Å². The highest BCUT2D eigenvalue weighted by Crippen LogP contribution is 2.28. The Morgan fingerprint density at radius 1 is 1.32 bits per heavy atom. The third-order valence-electron chi connectivity index (χ3n) is 4.58. The molecule has 0 amide bonds. The number of aliphatic hydroxyl groups excluding tert-OH is 1. The van der Waals surface area contributed by atoms with Crippen LogP contribution in [0.15, 0.2) is 18.2 Å². The van der Waals surface area contributed by atoms with Crippen molar-refractivity contribution in [1.82, 2.24) is 14.7 Å². The Labute approximate surface area is 135 Å². The zero-order chi connectivity index (χ0) is 15.7. The Morgan fingerprint density at radius 3 is 2.91 bits per heavy atom. The SMILES string of the molecule is Cn1nc(CN2CCC[C@@](O)(CO)CC2)c2c(Cl)cccc21. The number of hydrogen-bond donors (Lipinski definition) is 2. The quantitative estimate of drug-likeness (QED) is 0.906. The lowest BCUT2D eigenvalue weighted by Gasteiger charge is -2.24. The number of aliphatic hydroxyl groups is 2. The summed E-state index contributed by atoms with van der Waals surface area (Å²) in [5.74, 6) is 0. The van der Waals surface area contributed by atoms with E-state index in [0.717, 1.165) is 41.1 Å². The van der Waals surface area contributed by atoms with Gasteiger partial charge in [0.15, 0.2) is 0 Å². The summed E-state index contributed by atoms with van der Waals surface area (Å²) in [5.41, 5.74) is 1.07. The van der Waals surface area contributed by atoms with Crippen molar-refractivity contribution < 1.29 is 10.2 Å². The normalized spacial score (nSPS) is 23.8. The summed E-state index contributed by atoms with van der Waals surface area (Å²) in [6.07, 6.45) is 2.10. The van der Waals surface area contributed by atoms with E-state index in [9.17, 15) is 10.2 Å². The van der Waals surface area contributed by atoms with Crippen LogP contribution in [0.5, 0.6) is 0 Å². The molecule has 1 atom stereocenters. The maximum Gasteiger partial charge on any atom is 0.0890 e. The maximum atomic E-state index is 10.2. The monoisotopic (exact) mass is 323 g/mol. The van der Waals surface area contributed by atoms with E-state index in [1.165, 1.54) is 0 Å². The van der Waals surface area contributed by atoms with Crippen LogP contribution in [-0.4, -0.2) is 50.2 Å². The number of likely N-dealkylation sites (tertiary alicyclic amines) is 1. The number of halogens is 1. The summed E-state index contributed by atoms with van der Waals surface area (Å²) in [6, 6.07) is 5.84. The second-order valence-corrected chi connectivity index (χ2v) is 6.62. The molecule has 6 heteroatoms. The predicted octanol–water partition coefficient (Wildman–Crippen LogP) is 1.94. The minimum absolute atomic E-state index is 0.167. The summed E-state index contributed by atoms with van der Waals surface area (Å²) in [4.78, 5) is 2.28. The van der Waals surface area contributed by atoms with Crippen molar-refractivity contribution in [3.8, 4) is 0 Å². The molecule has 3 rings (SSSR count). The second-order valence-electron chi connectivity index (χ2n) is 6.22. The first-order valence-corrected chi connectivity index (χ1v) is 8.06. The smallest absolute Gasteiger partial charge is 0.0890 e. The Kier molecular flexibility index (Phi) is 4.41. The number of nitrogens with zero attached hydrogens (tertiary/aromatic N) is 3. The highest BCUT2D eigenvalue weighted by Gasteiger charge is 2.29. The molecule has 5 nitrogen and oxygen atoms in total. The molecule has 0 aliphatic carbocycles. The van der Waals surface area contributed by atoms with Gasteiger partial charge in [0.2, 0.25) is 0 Å². The molecule has 0 radical (unpaired) electrons. The summed E-state index contributed by atoms with van der Waals surface area (Å²) < 4.78 is 1.86. The van der Waals surface area contributed by atoms with E-state index >= 15 is 0 Å². The highest BCUT2D eigenvalue weighted by atomic mass is 35.5. The molecule has 1 aliphatic heterocycles. The summed E-state index contributed by atoms with van der Waals surface area (Å²) >= 11 is 6.35. The average Bonchev–Trinajstić information content (AvgIpc) is 2.70. The first-order valence-electron chi connectivity index (χ1n) is 7.68. The zero-order valence-electron chi connectivity index (χ0n) is 12.8. The van der Waals surface area contributed by atoms with Gasteiger partial charge in [-0.15, -0.1) is 0 Å². The van der Waals surface area contributed by atoms with Gasteiger partial charge in [0.25, 0.3) is 0 Å². The fourth-order valence-electron chi connectivity index (χ4n) is 3.23.